The molecule has 3 heteroatoms. The number of rotatable bonds is 2. The summed E-state index contributed by atoms with van der Waals surface area (Å²) in [7, 11) is 1.94. The molecule has 0 radical (unpaired) electrons. The molecule has 0 aliphatic rings. The van der Waals surface area contributed by atoms with Gasteiger partial charge in [0.15, 0.2) is 5.95 Å². The molecule has 3 nitrogen and oxygen atoms in total. The van der Waals surface area contributed by atoms with Gasteiger partial charge in [0.1, 0.15) is 0 Å². The number of anilines is 1. The lowest BCUT2D eigenvalue weighted by Crippen LogP contribution is -1.97. The SMILES string of the molecule is CCCc1nc(N)n(C)c1C. The molecule has 0 aliphatic heterocycles. The summed E-state index contributed by atoms with van der Waals surface area (Å²) in [5.74, 6) is 0.617. The predicted octanol–water partition coefficient (Wildman–Crippen LogP) is 1.26. The van der Waals surface area contributed by atoms with Gasteiger partial charge in [-0.05, 0) is 13.3 Å². The van der Waals surface area contributed by atoms with Gasteiger partial charge in [-0.15, -0.1) is 0 Å². The average Bonchev–Trinajstić information content (AvgIpc) is 2.19. The number of imidazole rings is 1. The van der Waals surface area contributed by atoms with E-state index < -0.39 is 0 Å². The summed E-state index contributed by atoms with van der Waals surface area (Å²) in [6.07, 6.45) is 2.15. The average molecular weight is 153 g/mol. The number of aryl methyl sites for hydroxylation is 1. The molecule has 1 aromatic heterocycles. The minimum absolute atomic E-state index is 0.617. The summed E-state index contributed by atoms with van der Waals surface area (Å²) in [5, 5.41) is 0. The Balaban J connectivity index is 2.98. The van der Waals surface area contributed by atoms with Crippen molar-refractivity contribution < 1.29 is 0 Å². The highest BCUT2D eigenvalue weighted by Gasteiger charge is 2.06. The lowest BCUT2D eigenvalue weighted by atomic mass is 10.2. The van der Waals surface area contributed by atoms with E-state index in [1.165, 1.54) is 5.69 Å². The molecule has 0 atom stereocenters. The lowest BCUT2D eigenvalue weighted by Gasteiger charge is -1.96. The van der Waals surface area contributed by atoms with E-state index in [9.17, 15) is 0 Å². The molecule has 1 aromatic rings. The topological polar surface area (TPSA) is 43.8 Å². The first-order chi connectivity index (χ1) is 5.16. The van der Waals surface area contributed by atoms with Crippen LogP contribution in [-0.4, -0.2) is 9.55 Å². The Morgan fingerprint density at radius 1 is 1.55 bits per heavy atom. The number of nitrogens with two attached hydrogens (primary N) is 1. The second-order valence-electron chi connectivity index (χ2n) is 2.81. The molecule has 0 fully saturated rings. The molecular formula is C8H15N3. The number of aromatic nitrogens is 2. The zero-order valence-electron chi connectivity index (χ0n) is 7.39. The fourth-order valence-corrected chi connectivity index (χ4v) is 1.13. The van der Waals surface area contributed by atoms with Crippen molar-refractivity contribution in [3.8, 4) is 0 Å². The van der Waals surface area contributed by atoms with Crippen molar-refractivity contribution in [2.45, 2.75) is 26.7 Å². The van der Waals surface area contributed by atoms with Crippen LogP contribution >= 0.6 is 0 Å². The third kappa shape index (κ3) is 1.37. The summed E-state index contributed by atoms with van der Waals surface area (Å²) < 4.78 is 1.92. The van der Waals surface area contributed by atoms with Crippen molar-refractivity contribution in [3.63, 3.8) is 0 Å². The third-order valence-electron chi connectivity index (χ3n) is 2.00. The van der Waals surface area contributed by atoms with E-state index in [0.29, 0.717) is 5.95 Å². The van der Waals surface area contributed by atoms with E-state index >= 15 is 0 Å². The summed E-state index contributed by atoms with van der Waals surface area (Å²) in [6, 6.07) is 0. The second-order valence-corrected chi connectivity index (χ2v) is 2.81. The number of hydrogen-bond donors (Lipinski definition) is 1. The minimum Gasteiger partial charge on any atom is -0.369 e. The second kappa shape index (κ2) is 2.95. The maximum atomic E-state index is 5.62. The van der Waals surface area contributed by atoms with Gasteiger partial charge in [0.05, 0.1) is 5.69 Å². The molecule has 62 valence electrons. The van der Waals surface area contributed by atoms with Crippen LogP contribution in [0.15, 0.2) is 0 Å². The molecule has 0 aliphatic carbocycles. The standard InChI is InChI=1S/C8H15N3/c1-4-5-7-6(2)11(3)8(9)10-7/h4-5H2,1-3H3,(H2,9,10). The van der Waals surface area contributed by atoms with Gasteiger partial charge in [-0.2, -0.15) is 0 Å². The van der Waals surface area contributed by atoms with Crippen LogP contribution in [0.4, 0.5) is 5.95 Å². The molecule has 11 heavy (non-hydrogen) atoms. The smallest absolute Gasteiger partial charge is 0.200 e. The quantitative estimate of drug-likeness (QED) is 0.695. The fraction of sp³-hybridized carbons (Fsp3) is 0.625. The van der Waals surface area contributed by atoms with Gasteiger partial charge < -0.3 is 10.3 Å². The summed E-state index contributed by atoms with van der Waals surface area (Å²) in [4.78, 5) is 4.24. The molecule has 0 spiro atoms. The van der Waals surface area contributed by atoms with E-state index in [4.69, 9.17) is 5.73 Å². The number of nitrogen functional groups attached to an aromatic ring is 1. The van der Waals surface area contributed by atoms with Gasteiger partial charge in [0.25, 0.3) is 0 Å². The van der Waals surface area contributed by atoms with E-state index in [1.54, 1.807) is 0 Å². The predicted molar refractivity (Wildman–Crippen MR) is 46.4 cm³/mol. The van der Waals surface area contributed by atoms with Crippen LogP contribution in [0.5, 0.6) is 0 Å². The van der Waals surface area contributed by atoms with Gasteiger partial charge in [-0.1, -0.05) is 13.3 Å². The first-order valence-electron chi connectivity index (χ1n) is 3.94. The van der Waals surface area contributed by atoms with E-state index in [2.05, 4.69) is 11.9 Å². The Kier molecular flexibility index (Phi) is 2.17. The summed E-state index contributed by atoms with van der Waals surface area (Å²) in [5.41, 5.74) is 7.94. The van der Waals surface area contributed by atoms with E-state index in [0.717, 1.165) is 18.5 Å². The zero-order chi connectivity index (χ0) is 8.43. The van der Waals surface area contributed by atoms with Gasteiger partial charge in [-0.3, -0.25) is 0 Å². The highest BCUT2D eigenvalue weighted by molar-refractivity contribution is 5.27. The normalized spacial score (nSPS) is 10.5. The molecule has 0 bridgehead atoms. The van der Waals surface area contributed by atoms with Gasteiger partial charge >= 0.3 is 0 Å². The van der Waals surface area contributed by atoms with Gasteiger partial charge in [-0.25, -0.2) is 4.98 Å². The molecule has 0 amide bonds. The molecule has 2 N–H and O–H groups in total. The van der Waals surface area contributed by atoms with Crippen molar-refractivity contribution in [1.82, 2.24) is 9.55 Å². The Morgan fingerprint density at radius 3 is 2.55 bits per heavy atom. The van der Waals surface area contributed by atoms with E-state index in [1.807, 2.05) is 18.5 Å². The van der Waals surface area contributed by atoms with Crippen LogP contribution in [0.1, 0.15) is 24.7 Å². The number of hydrogen-bond acceptors (Lipinski definition) is 2. The van der Waals surface area contributed by atoms with Gasteiger partial charge in [0, 0.05) is 12.7 Å². The molecule has 1 rings (SSSR count). The first-order valence-corrected chi connectivity index (χ1v) is 3.94. The highest BCUT2D eigenvalue weighted by atomic mass is 15.1. The van der Waals surface area contributed by atoms with Crippen molar-refractivity contribution >= 4 is 5.95 Å². The minimum atomic E-state index is 0.617. The van der Waals surface area contributed by atoms with Crippen LogP contribution in [0.25, 0.3) is 0 Å². The Hall–Kier alpha value is -0.990. The maximum Gasteiger partial charge on any atom is 0.200 e. The lowest BCUT2D eigenvalue weighted by molar-refractivity contribution is 0.852. The van der Waals surface area contributed by atoms with Crippen LogP contribution in [-0.2, 0) is 13.5 Å². The van der Waals surface area contributed by atoms with Crippen LogP contribution in [0, 0.1) is 6.92 Å². The Bertz CT molecular complexity index is 250. The van der Waals surface area contributed by atoms with Crippen molar-refractivity contribution in [1.29, 1.82) is 0 Å². The fourth-order valence-electron chi connectivity index (χ4n) is 1.13. The highest BCUT2D eigenvalue weighted by Crippen LogP contribution is 2.11. The number of nitrogens with zero attached hydrogens (tertiary/aromatic N) is 2. The molecule has 0 saturated carbocycles. The molecule has 1 heterocycles. The monoisotopic (exact) mass is 153 g/mol. The molecule has 0 unspecified atom stereocenters. The Labute approximate surface area is 67.2 Å². The van der Waals surface area contributed by atoms with Crippen LogP contribution in [0.3, 0.4) is 0 Å². The largest absolute Gasteiger partial charge is 0.369 e. The van der Waals surface area contributed by atoms with Crippen LogP contribution < -0.4 is 5.73 Å². The zero-order valence-corrected chi connectivity index (χ0v) is 7.39. The third-order valence-corrected chi connectivity index (χ3v) is 2.00. The van der Waals surface area contributed by atoms with Crippen LogP contribution in [0.2, 0.25) is 0 Å². The van der Waals surface area contributed by atoms with Crippen molar-refractivity contribution in [2.24, 2.45) is 7.05 Å². The molecular weight excluding hydrogens is 138 g/mol. The summed E-state index contributed by atoms with van der Waals surface area (Å²) >= 11 is 0. The van der Waals surface area contributed by atoms with Crippen molar-refractivity contribution in [3.05, 3.63) is 11.4 Å². The Morgan fingerprint density at radius 2 is 2.18 bits per heavy atom. The molecule has 0 saturated heterocycles. The van der Waals surface area contributed by atoms with Crippen molar-refractivity contribution in [2.75, 3.05) is 5.73 Å². The van der Waals surface area contributed by atoms with E-state index in [-0.39, 0.29) is 0 Å². The maximum absolute atomic E-state index is 5.62. The van der Waals surface area contributed by atoms with Gasteiger partial charge in [0.2, 0.25) is 0 Å². The molecule has 0 aromatic carbocycles. The first kappa shape index (κ1) is 8.11. The summed E-state index contributed by atoms with van der Waals surface area (Å²) in [6.45, 7) is 4.19.